The number of hydrogen-bond acceptors (Lipinski definition) is 2. The predicted octanol–water partition coefficient (Wildman–Crippen LogP) is 4.70. The highest BCUT2D eigenvalue weighted by atomic mass is 35.5. The van der Waals surface area contributed by atoms with Crippen molar-refractivity contribution >= 4 is 34.8 Å². The van der Waals surface area contributed by atoms with Gasteiger partial charge in [0, 0.05) is 5.02 Å². The number of nitrogens with two attached hydrogens (primary N) is 1. The largest absolute Gasteiger partial charge is 0.271 e. The summed E-state index contributed by atoms with van der Waals surface area (Å²) in [4.78, 5) is 0. The van der Waals surface area contributed by atoms with Gasteiger partial charge in [0.05, 0.1) is 16.1 Å². The number of rotatable bonds is 4. The second kappa shape index (κ2) is 6.79. The van der Waals surface area contributed by atoms with Gasteiger partial charge in [-0.25, -0.2) is 0 Å². The van der Waals surface area contributed by atoms with Gasteiger partial charge in [-0.05, 0) is 54.3 Å². The first kappa shape index (κ1) is 15.6. The van der Waals surface area contributed by atoms with Gasteiger partial charge in [0.2, 0.25) is 0 Å². The lowest BCUT2D eigenvalue weighted by molar-refractivity contribution is 0.551. The molecule has 0 aliphatic carbocycles. The molecule has 0 aliphatic heterocycles. The van der Waals surface area contributed by atoms with Crippen LogP contribution < -0.4 is 11.3 Å². The average Bonchev–Trinajstić information content (AvgIpc) is 2.38. The molecule has 5 heteroatoms. The Morgan fingerprint density at radius 3 is 2.40 bits per heavy atom. The molecule has 0 fully saturated rings. The number of hydrazine groups is 1. The number of nitrogens with one attached hydrogen (secondary N) is 1. The van der Waals surface area contributed by atoms with Crippen LogP contribution in [0.15, 0.2) is 36.4 Å². The minimum absolute atomic E-state index is 0.0374. The molecule has 2 rings (SSSR count). The lowest BCUT2D eigenvalue weighted by atomic mass is 9.98. The monoisotopic (exact) mass is 328 g/mol. The van der Waals surface area contributed by atoms with Crippen molar-refractivity contribution in [3.63, 3.8) is 0 Å². The van der Waals surface area contributed by atoms with Crippen LogP contribution in [-0.4, -0.2) is 0 Å². The highest BCUT2D eigenvalue weighted by Crippen LogP contribution is 2.27. The molecule has 0 amide bonds. The quantitative estimate of drug-likeness (QED) is 0.630. The maximum absolute atomic E-state index is 6.09. The number of benzene rings is 2. The van der Waals surface area contributed by atoms with Crippen molar-refractivity contribution in [1.82, 2.24) is 5.43 Å². The van der Waals surface area contributed by atoms with Gasteiger partial charge in [0.1, 0.15) is 0 Å². The Hall–Kier alpha value is -0.770. The first-order valence-electron chi connectivity index (χ1n) is 6.16. The Morgan fingerprint density at radius 2 is 1.80 bits per heavy atom. The molecule has 0 bridgehead atoms. The topological polar surface area (TPSA) is 38.0 Å². The molecule has 0 saturated carbocycles. The van der Waals surface area contributed by atoms with Crippen molar-refractivity contribution < 1.29 is 0 Å². The van der Waals surface area contributed by atoms with Crippen LogP contribution in [-0.2, 0) is 6.42 Å². The van der Waals surface area contributed by atoms with E-state index in [0.717, 1.165) is 16.7 Å². The SMILES string of the molecule is Cc1cc(Cl)cc(C(Cc2ccc(Cl)c(Cl)c2)NN)c1. The molecule has 106 valence electrons. The Balaban J connectivity index is 2.26. The summed E-state index contributed by atoms with van der Waals surface area (Å²) in [7, 11) is 0. The first-order valence-corrected chi connectivity index (χ1v) is 7.30. The summed E-state index contributed by atoms with van der Waals surface area (Å²) in [5, 5.41) is 1.79. The fourth-order valence-electron chi connectivity index (χ4n) is 2.14. The van der Waals surface area contributed by atoms with Gasteiger partial charge >= 0.3 is 0 Å². The van der Waals surface area contributed by atoms with Gasteiger partial charge in [-0.15, -0.1) is 0 Å². The smallest absolute Gasteiger partial charge is 0.0595 e. The summed E-state index contributed by atoms with van der Waals surface area (Å²) >= 11 is 18.0. The predicted molar refractivity (Wildman–Crippen MR) is 86.4 cm³/mol. The second-order valence-electron chi connectivity index (χ2n) is 4.73. The molecule has 2 aromatic carbocycles. The van der Waals surface area contributed by atoms with Gasteiger partial charge in [-0.1, -0.05) is 46.9 Å². The Kier molecular flexibility index (Phi) is 5.30. The van der Waals surface area contributed by atoms with Crippen LogP contribution in [0.2, 0.25) is 15.1 Å². The van der Waals surface area contributed by atoms with E-state index < -0.39 is 0 Å². The van der Waals surface area contributed by atoms with Crippen molar-refractivity contribution in [2.45, 2.75) is 19.4 Å². The molecular weight excluding hydrogens is 315 g/mol. The lowest BCUT2D eigenvalue weighted by Gasteiger charge is -2.18. The van der Waals surface area contributed by atoms with Crippen molar-refractivity contribution in [2.75, 3.05) is 0 Å². The molecule has 0 heterocycles. The van der Waals surface area contributed by atoms with E-state index in [4.69, 9.17) is 40.6 Å². The molecule has 0 aromatic heterocycles. The van der Waals surface area contributed by atoms with E-state index in [1.807, 2.05) is 31.2 Å². The van der Waals surface area contributed by atoms with Gasteiger partial charge in [0.15, 0.2) is 0 Å². The van der Waals surface area contributed by atoms with Crippen molar-refractivity contribution in [1.29, 1.82) is 0 Å². The third kappa shape index (κ3) is 3.87. The summed E-state index contributed by atoms with van der Waals surface area (Å²) < 4.78 is 0. The van der Waals surface area contributed by atoms with E-state index in [1.54, 1.807) is 6.07 Å². The second-order valence-corrected chi connectivity index (χ2v) is 5.98. The Labute approximate surface area is 133 Å². The van der Waals surface area contributed by atoms with E-state index in [1.165, 1.54) is 0 Å². The van der Waals surface area contributed by atoms with Gasteiger partial charge in [-0.3, -0.25) is 11.3 Å². The fraction of sp³-hybridized carbons (Fsp3) is 0.200. The van der Waals surface area contributed by atoms with Crippen LogP contribution in [0.5, 0.6) is 0 Å². The standard InChI is InChI=1S/C15H15Cl3N2/c1-9-4-11(8-12(16)5-9)15(20-19)7-10-2-3-13(17)14(18)6-10/h2-6,8,15,20H,7,19H2,1H3. The third-order valence-corrected chi connectivity index (χ3v) is 4.05. The molecule has 0 radical (unpaired) electrons. The molecule has 1 unspecified atom stereocenters. The Bertz CT molecular complexity index is 594. The average molecular weight is 330 g/mol. The van der Waals surface area contributed by atoms with Crippen LogP contribution in [0.3, 0.4) is 0 Å². The van der Waals surface area contributed by atoms with E-state index >= 15 is 0 Å². The fourth-order valence-corrected chi connectivity index (χ4v) is 2.76. The molecule has 0 aliphatic rings. The zero-order valence-corrected chi connectivity index (χ0v) is 13.2. The summed E-state index contributed by atoms with van der Waals surface area (Å²) in [5.74, 6) is 5.67. The summed E-state index contributed by atoms with van der Waals surface area (Å²) in [5.41, 5.74) is 6.02. The zero-order valence-electron chi connectivity index (χ0n) is 11.0. The molecular formula is C15H15Cl3N2. The summed E-state index contributed by atoms with van der Waals surface area (Å²) in [6, 6.07) is 11.4. The number of halogens is 3. The number of aryl methyl sites for hydroxylation is 1. The molecule has 20 heavy (non-hydrogen) atoms. The van der Waals surface area contributed by atoms with E-state index in [9.17, 15) is 0 Å². The molecule has 1 atom stereocenters. The van der Waals surface area contributed by atoms with Crippen molar-refractivity contribution in [3.05, 3.63) is 68.2 Å². The molecule has 2 aromatic rings. The van der Waals surface area contributed by atoms with Gasteiger partial charge in [0.25, 0.3) is 0 Å². The van der Waals surface area contributed by atoms with E-state index in [0.29, 0.717) is 21.5 Å². The molecule has 0 saturated heterocycles. The highest BCUT2D eigenvalue weighted by Gasteiger charge is 2.12. The maximum atomic E-state index is 6.09. The van der Waals surface area contributed by atoms with Crippen LogP contribution in [0.1, 0.15) is 22.7 Å². The maximum Gasteiger partial charge on any atom is 0.0595 e. The summed E-state index contributed by atoms with van der Waals surface area (Å²) in [6.45, 7) is 2.00. The molecule has 0 spiro atoms. The third-order valence-electron chi connectivity index (χ3n) is 3.09. The van der Waals surface area contributed by atoms with Gasteiger partial charge in [-0.2, -0.15) is 0 Å². The van der Waals surface area contributed by atoms with E-state index in [2.05, 4.69) is 11.5 Å². The van der Waals surface area contributed by atoms with Crippen molar-refractivity contribution in [2.24, 2.45) is 5.84 Å². The zero-order chi connectivity index (χ0) is 14.7. The highest BCUT2D eigenvalue weighted by molar-refractivity contribution is 6.42. The Morgan fingerprint density at radius 1 is 1.05 bits per heavy atom. The van der Waals surface area contributed by atoms with Crippen LogP contribution >= 0.6 is 34.8 Å². The van der Waals surface area contributed by atoms with Crippen LogP contribution in [0.4, 0.5) is 0 Å². The molecule has 2 nitrogen and oxygen atoms in total. The minimum atomic E-state index is -0.0374. The lowest BCUT2D eigenvalue weighted by Crippen LogP contribution is -2.29. The van der Waals surface area contributed by atoms with Crippen LogP contribution in [0.25, 0.3) is 0 Å². The minimum Gasteiger partial charge on any atom is -0.271 e. The normalized spacial score (nSPS) is 12.4. The number of hydrogen-bond donors (Lipinski definition) is 2. The van der Waals surface area contributed by atoms with Crippen molar-refractivity contribution in [3.8, 4) is 0 Å². The van der Waals surface area contributed by atoms with Crippen LogP contribution in [0, 0.1) is 6.92 Å². The first-order chi connectivity index (χ1) is 9.49. The molecule has 3 N–H and O–H groups in total. The van der Waals surface area contributed by atoms with Gasteiger partial charge < -0.3 is 0 Å². The van der Waals surface area contributed by atoms with E-state index in [-0.39, 0.29) is 6.04 Å². The summed E-state index contributed by atoms with van der Waals surface area (Å²) in [6.07, 6.45) is 0.702.